The Morgan fingerprint density at radius 2 is 1.40 bits per heavy atom. The summed E-state index contributed by atoms with van der Waals surface area (Å²) in [5.41, 5.74) is 0. The van der Waals surface area contributed by atoms with Crippen molar-refractivity contribution >= 4 is 29.6 Å². The molecular weight excluding hydrogens is 143 g/mol. The average Bonchev–Trinajstić information content (AvgIpc) is 1.64. The Labute approximate surface area is 83.4 Å². The van der Waals surface area contributed by atoms with Crippen LogP contribution in [0.15, 0.2) is 0 Å². The molecule has 0 aromatic rings. The maximum absolute atomic E-state index is 8.86. The van der Waals surface area contributed by atoms with Gasteiger partial charge in [0.05, 0.1) is 18.8 Å². The third-order valence-corrected chi connectivity index (χ3v) is 1.45. The van der Waals surface area contributed by atoms with Crippen molar-refractivity contribution < 1.29 is 15.3 Å². The Balaban J connectivity index is 0. The molecule has 0 amide bonds. The van der Waals surface area contributed by atoms with E-state index in [2.05, 4.69) is 0 Å². The van der Waals surface area contributed by atoms with Gasteiger partial charge in [-0.15, -0.1) is 0 Å². The molecule has 0 aliphatic carbocycles. The summed E-state index contributed by atoms with van der Waals surface area (Å²) in [5, 5.41) is 26.3. The van der Waals surface area contributed by atoms with Crippen molar-refractivity contribution in [1.82, 2.24) is 0 Å². The van der Waals surface area contributed by atoms with E-state index in [9.17, 15) is 0 Å². The summed E-state index contributed by atoms with van der Waals surface area (Å²) in [5.74, 6) is -0.412. The van der Waals surface area contributed by atoms with E-state index in [0.29, 0.717) is 0 Å². The molecule has 0 aliphatic rings. The third-order valence-electron chi connectivity index (χ3n) is 1.45. The van der Waals surface area contributed by atoms with Crippen LogP contribution in [0.4, 0.5) is 0 Å². The molecule has 3 N–H and O–H groups in total. The molecule has 0 radical (unpaired) electrons. The van der Waals surface area contributed by atoms with Gasteiger partial charge >= 0.3 is 29.6 Å². The number of hydrogen-bond acceptors (Lipinski definition) is 3. The summed E-state index contributed by atoms with van der Waals surface area (Å²) < 4.78 is 0. The second-order valence-corrected chi connectivity index (χ2v) is 2.33. The monoisotopic (exact) mass is 158 g/mol. The van der Waals surface area contributed by atoms with E-state index in [1.165, 1.54) is 0 Å². The van der Waals surface area contributed by atoms with Crippen molar-refractivity contribution in [3.8, 4) is 0 Å². The topological polar surface area (TPSA) is 60.7 Å². The number of aliphatic hydroxyl groups excluding tert-OH is 3. The Bertz CT molecular complexity index is 67.4. The maximum atomic E-state index is 8.86. The Hall–Kier alpha value is 0.880. The van der Waals surface area contributed by atoms with Crippen LogP contribution < -0.4 is 0 Å². The molecule has 58 valence electrons. The van der Waals surface area contributed by atoms with Crippen LogP contribution in [0.3, 0.4) is 0 Å². The number of hydrogen-bond donors (Lipinski definition) is 3. The van der Waals surface area contributed by atoms with Crippen molar-refractivity contribution in [3.63, 3.8) is 0 Å². The predicted molar refractivity (Wildman–Crippen MR) is 41.1 cm³/mol. The second-order valence-electron chi connectivity index (χ2n) is 2.33. The first-order valence-corrected chi connectivity index (χ1v) is 3.06. The van der Waals surface area contributed by atoms with Crippen molar-refractivity contribution in [2.24, 2.45) is 5.92 Å². The normalized spacial score (nSPS) is 18.9. The van der Waals surface area contributed by atoms with Gasteiger partial charge in [0, 0.05) is 5.92 Å². The minimum absolute atomic E-state index is 0. The molecule has 10 heavy (non-hydrogen) atoms. The van der Waals surface area contributed by atoms with Crippen LogP contribution in [0.5, 0.6) is 0 Å². The number of aliphatic hydroxyl groups is 3. The quantitative estimate of drug-likeness (QED) is 0.448. The van der Waals surface area contributed by atoms with Crippen molar-refractivity contribution in [2.45, 2.75) is 26.1 Å². The van der Waals surface area contributed by atoms with Gasteiger partial charge in [-0.2, -0.15) is 0 Å². The summed E-state index contributed by atoms with van der Waals surface area (Å²) in [7, 11) is 0. The molecule has 0 fully saturated rings. The van der Waals surface area contributed by atoms with Gasteiger partial charge < -0.3 is 15.3 Å². The van der Waals surface area contributed by atoms with Crippen LogP contribution in [0.2, 0.25) is 0 Å². The van der Waals surface area contributed by atoms with Crippen molar-refractivity contribution in [2.75, 3.05) is 6.61 Å². The molecule has 2 atom stereocenters. The van der Waals surface area contributed by atoms with Crippen LogP contribution >= 0.6 is 0 Å². The fourth-order valence-corrected chi connectivity index (χ4v) is 0.708. The van der Waals surface area contributed by atoms with E-state index < -0.39 is 18.1 Å². The van der Waals surface area contributed by atoms with E-state index in [0.717, 1.165) is 0 Å². The molecule has 0 heterocycles. The fraction of sp³-hybridized carbons (Fsp3) is 1.00. The third kappa shape index (κ3) is 4.66. The summed E-state index contributed by atoms with van der Waals surface area (Å²) in [6, 6.07) is 0. The summed E-state index contributed by atoms with van der Waals surface area (Å²) >= 11 is 0. The molecule has 3 nitrogen and oxygen atoms in total. The first kappa shape index (κ1) is 13.5. The minimum atomic E-state index is -0.644. The van der Waals surface area contributed by atoms with Gasteiger partial charge in [0.25, 0.3) is 0 Å². The first-order valence-electron chi connectivity index (χ1n) is 3.06. The van der Waals surface area contributed by atoms with E-state index in [-0.39, 0.29) is 36.2 Å². The van der Waals surface area contributed by atoms with Gasteiger partial charge in [0.15, 0.2) is 0 Å². The van der Waals surface area contributed by atoms with Gasteiger partial charge in [-0.3, -0.25) is 0 Å². The Morgan fingerprint density at radius 1 is 1.10 bits per heavy atom. The predicted octanol–water partition coefficient (Wildman–Crippen LogP) is -1.29. The van der Waals surface area contributed by atoms with Crippen molar-refractivity contribution in [3.05, 3.63) is 0 Å². The summed E-state index contributed by atoms with van der Waals surface area (Å²) in [4.78, 5) is 0. The number of rotatable bonds is 3. The van der Waals surface area contributed by atoms with Crippen LogP contribution in [0, 0.1) is 5.92 Å². The zero-order chi connectivity index (χ0) is 7.44. The van der Waals surface area contributed by atoms with E-state index >= 15 is 0 Å². The zero-order valence-electron chi connectivity index (χ0n) is 5.78. The van der Waals surface area contributed by atoms with E-state index in [4.69, 9.17) is 15.3 Å². The van der Waals surface area contributed by atoms with E-state index in [1.807, 2.05) is 0 Å². The molecule has 0 saturated carbocycles. The average molecular weight is 158 g/mol. The molecule has 0 aliphatic heterocycles. The van der Waals surface area contributed by atoms with Crippen LogP contribution in [0.25, 0.3) is 0 Å². The zero-order valence-corrected chi connectivity index (χ0v) is 5.78. The molecule has 0 aromatic carbocycles. The molecular formula is C6H15NaO3. The molecule has 0 spiro atoms. The first-order chi connectivity index (χ1) is 4.09. The SMILES string of the molecule is CC(O)C(CO)C(C)O.[NaH]. The van der Waals surface area contributed by atoms with Gasteiger partial charge in [0.1, 0.15) is 0 Å². The fourth-order valence-electron chi connectivity index (χ4n) is 0.708. The van der Waals surface area contributed by atoms with Gasteiger partial charge in [-0.05, 0) is 13.8 Å². The summed E-state index contributed by atoms with van der Waals surface area (Å²) in [6.07, 6.45) is -1.29. The Kier molecular flexibility index (Phi) is 8.86. The molecule has 2 unspecified atom stereocenters. The van der Waals surface area contributed by atoms with Crippen molar-refractivity contribution in [1.29, 1.82) is 0 Å². The summed E-state index contributed by atoms with van der Waals surface area (Å²) in [6.45, 7) is 2.93. The van der Waals surface area contributed by atoms with Gasteiger partial charge in [-0.1, -0.05) is 0 Å². The standard InChI is InChI=1S/C6H14O3.Na.H/c1-4(8)6(3-7)5(2)9;;/h4-9H,3H2,1-2H3;;. The van der Waals surface area contributed by atoms with Crippen LogP contribution in [-0.4, -0.2) is 63.7 Å². The van der Waals surface area contributed by atoms with Crippen LogP contribution in [-0.2, 0) is 0 Å². The van der Waals surface area contributed by atoms with Gasteiger partial charge in [0.2, 0.25) is 0 Å². The molecule has 0 aromatic heterocycles. The van der Waals surface area contributed by atoms with Gasteiger partial charge in [-0.25, -0.2) is 0 Å². The van der Waals surface area contributed by atoms with E-state index in [1.54, 1.807) is 13.8 Å². The molecule has 0 rings (SSSR count). The second kappa shape index (κ2) is 6.58. The van der Waals surface area contributed by atoms with Crippen LogP contribution in [0.1, 0.15) is 13.8 Å². The molecule has 0 saturated heterocycles. The Morgan fingerprint density at radius 3 is 1.40 bits per heavy atom. The molecule has 0 bridgehead atoms. The molecule has 4 heteroatoms.